The van der Waals surface area contributed by atoms with Crippen LogP contribution in [0, 0.1) is 11.3 Å². The molecule has 1 rings (SSSR count). The highest BCUT2D eigenvalue weighted by atomic mass is 16.2. The van der Waals surface area contributed by atoms with Gasteiger partial charge in [-0.25, -0.2) is 0 Å². The van der Waals surface area contributed by atoms with Crippen LogP contribution in [0.2, 0.25) is 0 Å². The molecule has 2 heteroatoms. The van der Waals surface area contributed by atoms with Gasteiger partial charge in [0.1, 0.15) is 0 Å². The third kappa shape index (κ3) is 4.33. The van der Waals surface area contributed by atoms with Gasteiger partial charge >= 0.3 is 0 Å². The summed E-state index contributed by atoms with van der Waals surface area (Å²) in [7, 11) is 0. The number of nitrogens with one attached hydrogen (secondary N) is 1. The third-order valence-electron chi connectivity index (χ3n) is 4.05. The van der Waals surface area contributed by atoms with Crippen molar-refractivity contribution >= 4 is 5.91 Å². The van der Waals surface area contributed by atoms with Crippen LogP contribution in [-0.2, 0) is 4.79 Å². The van der Waals surface area contributed by atoms with Gasteiger partial charge in [0.15, 0.2) is 0 Å². The van der Waals surface area contributed by atoms with Crippen LogP contribution in [0.25, 0.3) is 0 Å². The fourth-order valence-electron chi connectivity index (χ4n) is 2.94. The summed E-state index contributed by atoms with van der Waals surface area (Å²) in [5.41, 5.74) is 0.203. The molecule has 0 saturated carbocycles. The van der Waals surface area contributed by atoms with Crippen LogP contribution in [0.4, 0.5) is 0 Å². The highest BCUT2D eigenvalue weighted by molar-refractivity contribution is 5.79. The van der Waals surface area contributed by atoms with Gasteiger partial charge in [0.25, 0.3) is 0 Å². The zero-order valence-corrected chi connectivity index (χ0v) is 12.0. The second kappa shape index (κ2) is 6.42. The number of hydrogen-bond donors (Lipinski definition) is 1. The summed E-state index contributed by atoms with van der Waals surface area (Å²) in [5, 5.41) is 3.18. The zero-order valence-electron chi connectivity index (χ0n) is 12.0. The monoisotopic (exact) mass is 239 g/mol. The van der Waals surface area contributed by atoms with Gasteiger partial charge < -0.3 is 5.32 Å². The Morgan fingerprint density at radius 3 is 2.65 bits per heavy atom. The second-order valence-corrected chi connectivity index (χ2v) is 6.39. The molecule has 2 nitrogen and oxygen atoms in total. The Hall–Kier alpha value is -0.530. The maximum absolute atomic E-state index is 11.6. The van der Waals surface area contributed by atoms with Gasteiger partial charge in [0, 0.05) is 12.5 Å². The lowest BCUT2D eigenvalue weighted by atomic mass is 9.75. The standard InChI is InChI=1S/C15H29NO/c1-5-6-7-8-9-15(4)11-14(17)16-13(15)10-12(2)3/h12-13H,5-11H2,1-4H3,(H,16,17). The Morgan fingerprint density at radius 1 is 1.35 bits per heavy atom. The Labute approximate surface area is 107 Å². The first-order valence-electron chi connectivity index (χ1n) is 7.27. The molecule has 0 aromatic rings. The maximum atomic E-state index is 11.6. The Kier molecular flexibility index (Phi) is 5.48. The van der Waals surface area contributed by atoms with Crippen molar-refractivity contribution in [3.8, 4) is 0 Å². The number of rotatable bonds is 7. The lowest BCUT2D eigenvalue weighted by molar-refractivity contribution is -0.119. The fourth-order valence-corrected chi connectivity index (χ4v) is 2.94. The molecule has 0 radical (unpaired) electrons. The van der Waals surface area contributed by atoms with Gasteiger partial charge in [-0.1, -0.05) is 53.4 Å². The number of amides is 1. The molecule has 1 aliphatic rings. The molecule has 1 fully saturated rings. The summed E-state index contributed by atoms with van der Waals surface area (Å²) < 4.78 is 0. The minimum absolute atomic E-state index is 0.203. The first-order valence-corrected chi connectivity index (χ1v) is 7.27. The van der Waals surface area contributed by atoms with E-state index in [9.17, 15) is 4.79 Å². The predicted octanol–water partition coefficient (Wildman–Crippen LogP) is 3.90. The van der Waals surface area contributed by atoms with Crippen molar-refractivity contribution in [3.63, 3.8) is 0 Å². The van der Waals surface area contributed by atoms with E-state index < -0.39 is 0 Å². The molecule has 0 aromatic carbocycles. The average Bonchev–Trinajstić information content (AvgIpc) is 2.48. The molecule has 1 heterocycles. The van der Waals surface area contributed by atoms with Crippen LogP contribution < -0.4 is 5.32 Å². The van der Waals surface area contributed by atoms with Crippen molar-refractivity contribution in [3.05, 3.63) is 0 Å². The quantitative estimate of drug-likeness (QED) is 0.671. The van der Waals surface area contributed by atoms with Crippen molar-refractivity contribution in [2.75, 3.05) is 0 Å². The summed E-state index contributed by atoms with van der Waals surface area (Å²) in [4.78, 5) is 11.6. The molecular weight excluding hydrogens is 210 g/mol. The molecule has 2 atom stereocenters. The number of unbranched alkanes of at least 4 members (excludes halogenated alkanes) is 3. The van der Waals surface area contributed by atoms with Crippen molar-refractivity contribution in [2.24, 2.45) is 11.3 Å². The highest BCUT2D eigenvalue weighted by Crippen LogP contribution is 2.39. The van der Waals surface area contributed by atoms with E-state index in [4.69, 9.17) is 0 Å². The van der Waals surface area contributed by atoms with Crippen molar-refractivity contribution in [1.82, 2.24) is 5.32 Å². The smallest absolute Gasteiger partial charge is 0.220 e. The van der Waals surface area contributed by atoms with Crippen LogP contribution in [0.5, 0.6) is 0 Å². The summed E-state index contributed by atoms with van der Waals surface area (Å²) in [6, 6.07) is 0.400. The molecule has 1 aliphatic heterocycles. The van der Waals surface area contributed by atoms with Gasteiger partial charge in [0.2, 0.25) is 5.91 Å². The molecule has 2 unspecified atom stereocenters. The summed E-state index contributed by atoms with van der Waals surface area (Å²) in [6.07, 6.45) is 8.24. The van der Waals surface area contributed by atoms with E-state index in [0.717, 1.165) is 12.8 Å². The largest absolute Gasteiger partial charge is 0.353 e. The topological polar surface area (TPSA) is 29.1 Å². The average molecular weight is 239 g/mol. The van der Waals surface area contributed by atoms with E-state index in [1.807, 2.05) is 0 Å². The summed E-state index contributed by atoms with van der Waals surface area (Å²) in [5.74, 6) is 0.919. The fraction of sp³-hybridized carbons (Fsp3) is 0.933. The lowest BCUT2D eigenvalue weighted by Gasteiger charge is -2.31. The minimum Gasteiger partial charge on any atom is -0.353 e. The van der Waals surface area contributed by atoms with Gasteiger partial charge in [-0.3, -0.25) is 4.79 Å². The number of hydrogen-bond acceptors (Lipinski definition) is 1. The van der Waals surface area contributed by atoms with Crippen LogP contribution in [0.1, 0.15) is 72.6 Å². The van der Waals surface area contributed by atoms with Crippen LogP contribution in [-0.4, -0.2) is 11.9 Å². The van der Waals surface area contributed by atoms with Crippen molar-refractivity contribution in [2.45, 2.75) is 78.7 Å². The molecule has 0 spiro atoms. The summed E-state index contributed by atoms with van der Waals surface area (Å²) in [6.45, 7) is 9.01. The van der Waals surface area contributed by atoms with E-state index in [1.54, 1.807) is 0 Å². The molecular formula is C15H29NO. The molecule has 100 valence electrons. The van der Waals surface area contributed by atoms with Crippen molar-refractivity contribution < 1.29 is 4.79 Å². The molecule has 1 N–H and O–H groups in total. The Balaban J connectivity index is 2.48. The van der Waals surface area contributed by atoms with Gasteiger partial charge in [-0.05, 0) is 24.2 Å². The van der Waals surface area contributed by atoms with Crippen LogP contribution in [0.3, 0.4) is 0 Å². The first kappa shape index (κ1) is 14.5. The van der Waals surface area contributed by atoms with Crippen LogP contribution in [0.15, 0.2) is 0 Å². The van der Waals surface area contributed by atoms with Gasteiger partial charge in [-0.2, -0.15) is 0 Å². The van der Waals surface area contributed by atoms with Gasteiger partial charge in [0.05, 0.1) is 0 Å². The zero-order chi connectivity index (χ0) is 12.9. The summed E-state index contributed by atoms with van der Waals surface area (Å²) >= 11 is 0. The molecule has 17 heavy (non-hydrogen) atoms. The SMILES string of the molecule is CCCCCCC1(C)CC(=O)NC1CC(C)C. The first-order chi connectivity index (χ1) is 7.98. The van der Waals surface area contributed by atoms with E-state index >= 15 is 0 Å². The second-order valence-electron chi connectivity index (χ2n) is 6.39. The van der Waals surface area contributed by atoms with E-state index in [0.29, 0.717) is 12.0 Å². The predicted molar refractivity (Wildman–Crippen MR) is 72.9 cm³/mol. The molecule has 1 amide bonds. The third-order valence-corrected chi connectivity index (χ3v) is 4.05. The molecule has 0 aromatic heterocycles. The van der Waals surface area contributed by atoms with E-state index in [2.05, 4.69) is 33.0 Å². The maximum Gasteiger partial charge on any atom is 0.220 e. The van der Waals surface area contributed by atoms with E-state index in [1.165, 1.54) is 32.1 Å². The number of carbonyl (C=O) groups excluding carboxylic acids is 1. The minimum atomic E-state index is 0.203. The highest BCUT2D eigenvalue weighted by Gasteiger charge is 2.42. The van der Waals surface area contributed by atoms with Crippen LogP contribution >= 0.6 is 0 Å². The van der Waals surface area contributed by atoms with E-state index in [-0.39, 0.29) is 11.3 Å². The lowest BCUT2D eigenvalue weighted by Crippen LogP contribution is -2.36. The Bertz CT molecular complexity index is 249. The number of carbonyl (C=O) groups is 1. The normalized spacial score (nSPS) is 28.8. The Morgan fingerprint density at radius 2 is 2.06 bits per heavy atom. The molecule has 0 aliphatic carbocycles. The molecule has 1 saturated heterocycles. The molecule has 0 bridgehead atoms. The van der Waals surface area contributed by atoms with Gasteiger partial charge in [-0.15, -0.1) is 0 Å². The van der Waals surface area contributed by atoms with Crippen molar-refractivity contribution in [1.29, 1.82) is 0 Å².